The lowest BCUT2D eigenvalue weighted by Crippen LogP contribution is -2.42. The van der Waals surface area contributed by atoms with Gasteiger partial charge < -0.3 is 14.5 Å². The van der Waals surface area contributed by atoms with Gasteiger partial charge in [0.25, 0.3) is 0 Å². The Kier molecular flexibility index (Phi) is 4.80. The van der Waals surface area contributed by atoms with Crippen LogP contribution in [-0.4, -0.2) is 43.7 Å². The molecule has 102 valence electrons. The van der Waals surface area contributed by atoms with E-state index in [1.54, 1.807) is 0 Å². The first-order valence-electron chi connectivity index (χ1n) is 6.79. The Balaban J connectivity index is 1.81. The van der Waals surface area contributed by atoms with Crippen molar-refractivity contribution in [3.63, 3.8) is 0 Å². The van der Waals surface area contributed by atoms with Crippen LogP contribution in [0.1, 0.15) is 31.5 Å². The Morgan fingerprint density at radius 2 is 2.28 bits per heavy atom. The van der Waals surface area contributed by atoms with Crippen molar-refractivity contribution in [3.8, 4) is 0 Å². The molecule has 0 saturated carbocycles. The molecule has 0 unspecified atom stereocenters. The summed E-state index contributed by atoms with van der Waals surface area (Å²) in [5.74, 6) is 1.90. The fourth-order valence-electron chi connectivity index (χ4n) is 2.22. The van der Waals surface area contributed by atoms with Crippen LogP contribution in [-0.2, 0) is 4.74 Å². The second-order valence-corrected chi connectivity index (χ2v) is 5.22. The monoisotopic (exact) mass is 252 g/mol. The summed E-state index contributed by atoms with van der Waals surface area (Å²) in [6.45, 7) is 11.1. The topological polar surface area (TPSA) is 37.6 Å². The molecule has 0 spiro atoms. The van der Waals surface area contributed by atoms with E-state index in [1.165, 1.54) is 0 Å². The molecular formula is C14H24N2O2. The molecule has 1 saturated heterocycles. The minimum absolute atomic E-state index is 0.0894. The summed E-state index contributed by atoms with van der Waals surface area (Å²) < 4.78 is 11.4. The number of morpholine rings is 1. The van der Waals surface area contributed by atoms with Gasteiger partial charge in [-0.25, -0.2) is 0 Å². The zero-order valence-electron chi connectivity index (χ0n) is 11.6. The first kappa shape index (κ1) is 13.6. The quantitative estimate of drug-likeness (QED) is 0.869. The van der Waals surface area contributed by atoms with Crippen LogP contribution in [0.25, 0.3) is 0 Å². The summed E-state index contributed by atoms with van der Waals surface area (Å²) >= 11 is 0. The summed E-state index contributed by atoms with van der Waals surface area (Å²) in [7, 11) is 0. The van der Waals surface area contributed by atoms with Crippen LogP contribution in [0.3, 0.4) is 0 Å². The largest absolute Gasteiger partial charge is 0.464 e. The van der Waals surface area contributed by atoms with Gasteiger partial charge in [0.1, 0.15) is 17.6 Å². The molecular weight excluding hydrogens is 228 g/mol. The lowest BCUT2D eigenvalue weighted by atomic mass is 10.2. The Morgan fingerprint density at radius 3 is 2.94 bits per heavy atom. The number of ether oxygens (including phenoxy) is 1. The number of hydrogen-bond acceptors (Lipinski definition) is 4. The molecule has 2 rings (SSSR count). The maximum Gasteiger partial charge on any atom is 0.134 e. The van der Waals surface area contributed by atoms with Crippen molar-refractivity contribution in [1.82, 2.24) is 10.2 Å². The van der Waals surface area contributed by atoms with Gasteiger partial charge in [-0.3, -0.25) is 4.90 Å². The van der Waals surface area contributed by atoms with E-state index in [9.17, 15) is 0 Å². The van der Waals surface area contributed by atoms with E-state index in [-0.39, 0.29) is 6.10 Å². The third-order valence-electron chi connectivity index (χ3n) is 3.21. The van der Waals surface area contributed by atoms with Gasteiger partial charge in [-0.05, 0) is 19.1 Å². The highest BCUT2D eigenvalue weighted by Crippen LogP contribution is 2.23. The summed E-state index contributed by atoms with van der Waals surface area (Å²) in [5, 5.41) is 3.45. The molecule has 0 radical (unpaired) electrons. The third-order valence-corrected chi connectivity index (χ3v) is 3.21. The van der Waals surface area contributed by atoms with Gasteiger partial charge in [0, 0.05) is 32.2 Å². The van der Waals surface area contributed by atoms with Crippen molar-refractivity contribution < 1.29 is 9.15 Å². The minimum Gasteiger partial charge on any atom is -0.464 e. The number of aryl methyl sites for hydroxylation is 1. The first-order valence-corrected chi connectivity index (χ1v) is 6.79. The molecule has 2 heterocycles. The van der Waals surface area contributed by atoms with Gasteiger partial charge in [-0.15, -0.1) is 0 Å². The average Bonchev–Trinajstić information content (AvgIpc) is 2.76. The molecule has 0 bridgehead atoms. The van der Waals surface area contributed by atoms with E-state index >= 15 is 0 Å². The number of furan rings is 1. The normalized spacial score (nSPS) is 21.7. The van der Waals surface area contributed by atoms with Gasteiger partial charge in [-0.2, -0.15) is 0 Å². The maximum absolute atomic E-state index is 5.78. The van der Waals surface area contributed by atoms with E-state index in [0.29, 0.717) is 6.04 Å². The number of rotatable bonds is 5. The summed E-state index contributed by atoms with van der Waals surface area (Å²) in [5.41, 5.74) is 0. The molecule has 1 aromatic heterocycles. The Bertz CT molecular complexity index is 362. The smallest absolute Gasteiger partial charge is 0.134 e. The molecule has 1 aliphatic heterocycles. The van der Waals surface area contributed by atoms with Crippen LogP contribution in [0.2, 0.25) is 0 Å². The molecule has 1 N–H and O–H groups in total. The molecule has 4 nitrogen and oxygen atoms in total. The second kappa shape index (κ2) is 6.36. The standard InChI is InChI=1S/C14H24N2O2/c1-11(2)15-6-7-16-8-9-17-14(10-16)13-5-4-12(3)18-13/h4-5,11,14-15H,6-10H2,1-3H3/t14-/m1/s1. The predicted octanol–water partition coefficient (Wildman–Crippen LogP) is 1.96. The van der Waals surface area contributed by atoms with E-state index in [2.05, 4.69) is 24.1 Å². The molecule has 1 fully saturated rings. The van der Waals surface area contributed by atoms with Crippen molar-refractivity contribution >= 4 is 0 Å². The fraction of sp³-hybridized carbons (Fsp3) is 0.714. The van der Waals surface area contributed by atoms with Gasteiger partial charge in [0.15, 0.2) is 0 Å². The summed E-state index contributed by atoms with van der Waals surface area (Å²) in [4.78, 5) is 2.43. The van der Waals surface area contributed by atoms with Crippen molar-refractivity contribution in [1.29, 1.82) is 0 Å². The minimum atomic E-state index is 0.0894. The van der Waals surface area contributed by atoms with Crippen molar-refractivity contribution in [2.75, 3.05) is 32.8 Å². The molecule has 18 heavy (non-hydrogen) atoms. The van der Waals surface area contributed by atoms with E-state index in [4.69, 9.17) is 9.15 Å². The molecule has 0 aromatic carbocycles. The fourth-order valence-corrected chi connectivity index (χ4v) is 2.22. The molecule has 1 atom stereocenters. The zero-order chi connectivity index (χ0) is 13.0. The lowest BCUT2D eigenvalue weighted by Gasteiger charge is -2.32. The van der Waals surface area contributed by atoms with Gasteiger partial charge in [0.2, 0.25) is 0 Å². The molecule has 0 amide bonds. The molecule has 4 heteroatoms. The van der Waals surface area contributed by atoms with Crippen LogP contribution >= 0.6 is 0 Å². The maximum atomic E-state index is 5.78. The zero-order valence-corrected chi connectivity index (χ0v) is 11.6. The van der Waals surface area contributed by atoms with Gasteiger partial charge in [-0.1, -0.05) is 13.8 Å². The highest BCUT2D eigenvalue weighted by atomic mass is 16.5. The number of hydrogen-bond donors (Lipinski definition) is 1. The predicted molar refractivity (Wildman–Crippen MR) is 71.7 cm³/mol. The van der Waals surface area contributed by atoms with E-state index in [0.717, 1.165) is 44.3 Å². The van der Waals surface area contributed by atoms with Crippen LogP contribution in [0, 0.1) is 6.92 Å². The van der Waals surface area contributed by atoms with Crippen LogP contribution < -0.4 is 5.32 Å². The molecule has 0 aliphatic carbocycles. The Labute approximate surface area is 109 Å². The van der Waals surface area contributed by atoms with Crippen LogP contribution in [0.4, 0.5) is 0 Å². The highest BCUT2D eigenvalue weighted by Gasteiger charge is 2.23. The number of nitrogens with one attached hydrogen (secondary N) is 1. The van der Waals surface area contributed by atoms with Gasteiger partial charge in [0.05, 0.1) is 6.61 Å². The number of nitrogens with zero attached hydrogens (tertiary/aromatic N) is 1. The van der Waals surface area contributed by atoms with Crippen molar-refractivity contribution in [3.05, 3.63) is 23.7 Å². The average molecular weight is 252 g/mol. The third kappa shape index (κ3) is 3.83. The molecule has 1 aromatic rings. The van der Waals surface area contributed by atoms with E-state index < -0.39 is 0 Å². The first-order chi connectivity index (χ1) is 8.65. The second-order valence-electron chi connectivity index (χ2n) is 5.22. The molecule has 1 aliphatic rings. The summed E-state index contributed by atoms with van der Waals surface area (Å²) in [6, 6.07) is 4.57. The van der Waals surface area contributed by atoms with Gasteiger partial charge >= 0.3 is 0 Å². The SMILES string of the molecule is Cc1ccc([C@H]2CN(CCNC(C)C)CCO2)o1. The van der Waals surface area contributed by atoms with Crippen molar-refractivity contribution in [2.45, 2.75) is 32.9 Å². The lowest BCUT2D eigenvalue weighted by molar-refractivity contribution is -0.0398. The Hall–Kier alpha value is -0.840. The van der Waals surface area contributed by atoms with Crippen LogP contribution in [0.5, 0.6) is 0 Å². The van der Waals surface area contributed by atoms with Crippen LogP contribution in [0.15, 0.2) is 16.5 Å². The highest BCUT2D eigenvalue weighted by molar-refractivity contribution is 5.09. The van der Waals surface area contributed by atoms with E-state index in [1.807, 2.05) is 19.1 Å². The summed E-state index contributed by atoms with van der Waals surface area (Å²) in [6.07, 6.45) is 0.0894. The Morgan fingerprint density at radius 1 is 1.44 bits per heavy atom. The van der Waals surface area contributed by atoms with Crippen molar-refractivity contribution in [2.24, 2.45) is 0 Å².